The molecule has 0 N–H and O–H groups in total. The molecular formula is C14H19N3. The zero-order chi connectivity index (χ0) is 12.3. The Kier molecular flexibility index (Phi) is 3.75. The van der Waals surface area contributed by atoms with Crippen molar-refractivity contribution in [2.24, 2.45) is 0 Å². The fourth-order valence-corrected chi connectivity index (χ4v) is 2.40. The summed E-state index contributed by atoms with van der Waals surface area (Å²) < 4.78 is 0. The van der Waals surface area contributed by atoms with E-state index in [0.717, 1.165) is 25.2 Å². The number of hydrogen-bond donors (Lipinski definition) is 0. The summed E-state index contributed by atoms with van der Waals surface area (Å²) in [5, 5.41) is 0. The van der Waals surface area contributed by atoms with Gasteiger partial charge in [0.1, 0.15) is 0 Å². The first-order valence-electron chi connectivity index (χ1n) is 6.30. The number of pyridine rings is 1. The van der Waals surface area contributed by atoms with E-state index < -0.39 is 0 Å². The first-order valence-corrected chi connectivity index (χ1v) is 6.30. The van der Waals surface area contributed by atoms with Crippen LogP contribution in [0.1, 0.15) is 37.1 Å². The monoisotopic (exact) mass is 229 g/mol. The Morgan fingerprint density at radius 3 is 2.71 bits per heavy atom. The summed E-state index contributed by atoms with van der Waals surface area (Å²) in [6.45, 7) is 11.5. The maximum absolute atomic E-state index is 7.11. The summed E-state index contributed by atoms with van der Waals surface area (Å²) in [5.74, 6) is 0.580. The quantitative estimate of drug-likeness (QED) is 0.727. The van der Waals surface area contributed by atoms with Crippen molar-refractivity contribution in [1.29, 1.82) is 0 Å². The highest BCUT2D eigenvalue weighted by Crippen LogP contribution is 2.28. The molecule has 1 aromatic rings. The van der Waals surface area contributed by atoms with Crippen LogP contribution < -0.4 is 0 Å². The number of rotatable bonds is 2. The number of likely N-dealkylation sites (tertiary alicyclic amines) is 1. The third kappa shape index (κ3) is 2.65. The maximum atomic E-state index is 7.11. The molecule has 3 nitrogen and oxygen atoms in total. The van der Waals surface area contributed by atoms with E-state index in [1.165, 1.54) is 18.5 Å². The van der Waals surface area contributed by atoms with Gasteiger partial charge in [-0.25, -0.2) is 4.85 Å². The van der Waals surface area contributed by atoms with Gasteiger partial charge >= 0.3 is 0 Å². The van der Waals surface area contributed by atoms with Gasteiger partial charge in [-0.3, -0.25) is 4.98 Å². The highest BCUT2D eigenvalue weighted by atomic mass is 15.1. The molecule has 90 valence electrons. The Morgan fingerprint density at radius 1 is 1.41 bits per heavy atom. The fourth-order valence-electron chi connectivity index (χ4n) is 2.40. The molecule has 1 aromatic heterocycles. The standard InChI is InChI=1S/C14H19N3/c1-4-12-14(15-2)6-5-13(16-12)11-7-9-17(3)10-8-11/h5-6,11H,4,7-10H2,1,3H3. The Hall–Kier alpha value is -1.40. The van der Waals surface area contributed by atoms with E-state index >= 15 is 0 Å². The van der Waals surface area contributed by atoms with Gasteiger partial charge in [0.25, 0.3) is 0 Å². The van der Waals surface area contributed by atoms with E-state index in [-0.39, 0.29) is 0 Å². The third-order valence-electron chi connectivity index (χ3n) is 3.56. The van der Waals surface area contributed by atoms with Gasteiger partial charge in [0.15, 0.2) is 0 Å². The number of hydrogen-bond acceptors (Lipinski definition) is 2. The molecule has 17 heavy (non-hydrogen) atoms. The van der Waals surface area contributed by atoms with Crippen LogP contribution in [0.25, 0.3) is 4.85 Å². The number of nitrogens with zero attached hydrogens (tertiary/aromatic N) is 3. The van der Waals surface area contributed by atoms with Crippen molar-refractivity contribution in [3.05, 3.63) is 34.9 Å². The van der Waals surface area contributed by atoms with Gasteiger partial charge < -0.3 is 4.90 Å². The minimum absolute atomic E-state index is 0.580. The molecule has 0 radical (unpaired) electrons. The first kappa shape index (κ1) is 12.1. The average Bonchev–Trinajstić information content (AvgIpc) is 2.39. The molecule has 0 bridgehead atoms. The van der Waals surface area contributed by atoms with Gasteiger partial charge in [-0.2, -0.15) is 0 Å². The maximum Gasteiger partial charge on any atom is 0.208 e. The molecule has 0 atom stereocenters. The molecule has 0 amide bonds. The molecule has 3 heteroatoms. The predicted molar refractivity (Wildman–Crippen MR) is 69.3 cm³/mol. The SMILES string of the molecule is [C-]#[N+]c1ccc(C2CCN(C)CC2)nc1CC. The van der Waals surface area contributed by atoms with Crippen LogP contribution >= 0.6 is 0 Å². The highest BCUT2D eigenvalue weighted by Gasteiger charge is 2.20. The molecule has 1 saturated heterocycles. The van der Waals surface area contributed by atoms with Crippen molar-refractivity contribution >= 4 is 5.69 Å². The molecule has 2 heterocycles. The van der Waals surface area contributed by atoms with Gasteiger partial charge in [0.05, 0.1) is 6.57 Å². The molecule has 1 fully saturated rings. The van der Waals surface area contributed by atoms with Gasteiger partial charge in [-0.1, -0.05) is 19.1 Å². The zero-order valence-corrected chi connectivity index (χ0v) is 10.6. The second-order valence-electron chi connectivity index (χ2n) is 4.74. The lowest BCUT2D eigenvalue weighted by Crippen LogP contribution is -2.29. The van der Waals surface area contributed by atoms with E-state index in [4.69, 9.17) is 6.57 Å². The van der Waals surface area contributed by atoms with Crippen molar-refractivity contribution in [3.8, 4) is 0 Å². The molecule has 1 aliphatic heterocycles. The van der Waals surface area contributed by atoms with Crippen LogP contribution in [-0.2, 0) is 6.42 Å². The molecule has 0 saturated carbocycles. The third-order valence-corrected chi connectivity index (χ3v) is 3.56. The molecule has 0 spiro atoms. The van der Waals surface area contributed by atoms with Crippen LogP contribution in [0.4, 0.5) is 5.69 Å². The molecule has 2 rings (SSSR count). The van der Waals surface area contributed by atoms with E-state index in [1.807, 2.05) is 12.1 Å². The Labute approximate surface area is 103 Å². The van der Waals surface area contributed by atoms with Gasteiger partial charge in [-0.15, -0.1) is 0 Å². The normalized spacial score (nSPS) is 17.9. The number of aryl methyl sites for hydroxylation is 1. The van der Waals surface area contributed by atoms with Crippen LogP contribution in [-0.4, -0.2) is 30.0 Å². The summed E-state index contributed by atoms with van der Waals surface area (Å²) >= 11 is 0. The zero-order valence-electron chi connectivity index (χ0n) is 10.6. The molecule has 0 unspecified atom stereocenters. The summed E-state index contributed by atoms with van der Waals surface area (Å²) in [6.07, 6.45) is 3.21. The number of piperidine rings is 1. The lowest BCUT2D eigenvalue weighted by atomic mass is 9.93. The summed E-state index contributed by atoms with van der Waals surface area (Å²) in [4.78, 5) is 10.6. The van der Waals surface area contributed by atoms with E-state index in [1.54, 1.807) is 0 Å². The second kappa shape index (κ2) is 5.29. The minimum atomic E-state index is 0.580. The Balaban J connectivity index is 2.19. The molecule has 0 aromatic carbocycles. The van der Waals surface area contributed by atoms with Crippen LogP contribution in [0.15, 0.2) is 12.1 Å². The molecule has 1 aliphatic rings. The molecule has 0 aliphatic carbocycles. The van der Waals surface area contributed by atoms with Gasteiger partial charge in [0.2, 0.25) is 5.69 Å². The fraction of sp³-hybridized carbons (Fsp3) is 0.571. The lowest BCUT2D eigenvalue weighted by Gasteiger charge is -2.28. The molecular weight excluding hydrogens is 210 g/mol. The van der Waals surface area contributed by atoms with Crippen LogP contribution in [0.3, 0.4) is 0 Å². The van der Waals surface area contributed by atoms with Crippen molar-refractivity contribution in [3.63, 3.8) is 0 Å². The minimum Gasteiger partial charge on any atom is -0.306 e. The van der Waals surface area contributed by atoms with Crippen LogP contribution in [0.5, 0.6) is 0 Å². The lowest BCUT2D eigenvalue weighted by molar-refractivity contribution is 0.253. The number of aromatic nitrogens is 1. The van der Waals surface area contributed by atoms with Crippen LogP contribution in [0.2, 0.25) is 0 Å². The first-order chi connectivity index (χ1) is 8.24. The Morgan fingerprint density at radius 2 is 2.12 bits per heavy atom. The van der Waals surface area contributed by atoms with Crippen LogP contribution in [0, 0.1) is 6.57 Å². The topological polar surface area (TPSA) is 20.5 Å². The van der Waals surface area contributed by atoms with E-state index in [0.29, 0.717) is 11.6 Å². The van der Waals surface area contributed by atoms with Crippen molar-refractivity contribution in [2.45, 2.75) is 32.1 Å². The van der Waals surface area contributed by atoms with Crippen molar-refractivity contribution in [2.75, 3.05) is 20.1 Å². The summed E-state index contributed by atoms with van der Waals surface area (Å²) in [7, 11) is 2.17. The van der Waals surface area contributed by atoms with Gasteiger partial charge in [0, 0.05) is 17.3 Å². The van der Waals surface area contributed by atoms with E-state index in [2.05, 4.69) is 28.7 Å². The van der Waals surface area contributed by atoms with E-state index in [9.17, 15) is 0 Å². The summed E-state index contributed by atoms with van der Waals surface area (Å²) in [6, 6.07) is 3.98. The smallest absolute Gasteiger partial charge is 0.208 e. The predicted octanol–water partition coefficient (Wildman–Crippen LogP) is 3.00. The largest absolute Gasteiger partial charge is 0.306 e. The second-order valence-corrected chi connectivity index (χ2v) is 4.74. The van der Waals surface area contributed by atoms with Crippen molar-refractivity contribution < 1.29 is 0 Å². The average molecular weight is 229 g/mol. The summed E-state index contributed by atoms with van der Waals surface area (Å²) in [5.41, 5.74) is 2.85. The van der Waals surface area contributed by atoms with Crippen molar-refractivity contribution in [1.82, 2.24) is 9.88 Å². The van der Waals surface area contributed by atoms with Gasteiger partial charge in [-0.05, 0) is 39.4 Å². The highest BCUT2D eigenvalue weighted by molar-refractivity contribution is 5.49. The Bertz CT molecular complexity index is 426.